The lowest BCUT2D eigenvalue weighted by molar-refractivity contribution is -0.235. The van der Waals surface area contributed by atoms with Gasteiger partial charge in [-0.25, -0.2) is 4.79 Å². The van der Waals surface area contributed by atoms with E-state index in [2.05, 4.69) is 0 Å². The van der Waals surface area contributed by atoms with Crippen molar-refractivity contribution in [1.29, 1.82) is 0 Å². The quantitative estimate of drug-likeness (QED) is 0.270. The first-order chi connectivity index (χ1) is 16.3. The summed E-state index contributed by atoms with van der Waals surface area (Å²) in [5.74, 6) is -4.50. The molecule has 0 aromatic heterocycles. The van der Waals surface area contributed by atoms with Crippen LogP contribution in [0.3, 0.4) is 0 Å². The molecule has 0 amide bonds. The highest BCUT2D eigenvalue weighted by molar-refractivity contribution is 6.05. The maximum atomic E-state index is 12.9. The third kappa shape index (κ3) is 5.15. The molecule has 3 rings (SSSR count). The van der Waals surface area contributed by atoms with Crippen molar-refractivity contribution >= 4 is 29.7 Å². The molecule has 35 heavy (non-hydrogen) atoms. The summed E-state index contributed by atoms with van der Waals surface area (Å²) in [5, 5.41) is 71.7. The summed E-state index contributed by atoms with van der Waals surface area (Å²) >= 11 is 0. The van der Waals surface area contributed by atoms with E-state index in [0.717, 1.165) is 12.2 Å². The van der Waals surface area contributed by atoms with E-state index in [-0.39, 0.29) is 11.5 Å². The van der Waals surface area contributed by atoms with Crippen molar-refractivity contribution in [2.45, 2.75) is 35.7 Å². The highest BCUT2D eigenvalue weighted by Gasteiger charge is 2.66. The summed E-state index contributed by atoms with van der Waals surface area (Å²) in [5.41, 5.74) is -8.18. The predicted octanol–water partition coefficient (Wildman–Crippen LogP) is 0.395. The van der Waals surface area contributed by atoms with Crippen molar-refractivity contribution in [1.82, 2.24) is 0 Å². The fourth-order valence-electron chi connectivity index (χ4n) is 3.94. The zero-order valence-electron chi connectivity index (χ0n) is 18.3. The van der Waals surface area contributed by atoms with Crippen molar-refractivity contribution in [3.05, 3.63) is 71.8 Å². The molecule has 184 valence electrons. The Morgan fingerprint density at radius 1 is 0.714 bits per heavy atom. The average molecular weight is 484 g/mol. The molecule has 10 nitrogen and oxygen atoms in total. The smallest absolute Gasteiger partial charge is 0.335 e. The van der Waals surface area contributed by atoms with Gasteiger partial charge in [0.2, 0.25) is 0 Å². The Balaban J connectivity index is 1.96. The molecular weight excluding hydrogens is 460 g/mol. The molecule has 0 unspecified atom stereocenters. The van der Waals surface area contributed by atoms with Crippen molar-refractivity contribution in [3.63, 3.8) is 0 Å². The van der Waals surface area contributed by atoms with Crippen molar-refractivity contribution in [3.8, 4) is 11.5 Å². The number of phenolic OH excluding ortho intramolecular Hbond substituents is 2. The number of carboxylic acid groups (broad SMARTS) is 1. The van der Waals surface area contributed by atoms with Crippen molar-refractivity contribution in [2.24, 2.45) is 0 Å². The molecule has 7 N–H and O–H groups in total. The van der Waals surface area contributed by atoms with Crippen LogP contribution < -0.4 is 0 Å². The van der Waals surface area contributed by atoms with E-state index in [0.29, 0.717) is 11.1 Å². The van der Waals surface area contributed by atoms with Crippen LogP contribution in [-0.4, -0.2) is 76.2 Å². The summed E-state index contributed by atoms with van der Waals surface area (Å²) < 4.78 is 0. The van der Waals surface area contributed by atoms with Gasteiger partial charge in [0, 0.05) is 12.8 Å². The van der Waals surface area contributed by atoms with Crippen LogP contribution in [0.5, 0.6) is 11.5 Å². The monoisotopic (exact) mass is 484 g/mol. The molecule has 10 heteroatoms. The molecule has 0 radical (unpaired) electrons. The van der Waals surface area contributed by atoms with E-state index in [9.17, 15) is 50.1 Å². The van der Waals surface area contributed by atoms with Crippen molar-refractivity contribution in [2.75, 3.05) is 0 Å². The van der Waals surface area contributed by atoms with Crippen LogP contribution in [-0.2, 0) is 14.4 Å². The minimum absolute atomic E-state index is 0.0368. The van der Waals surface area contributed by atoms with Gasteiger partial charge in [-0.15, -0.1) is 0 Å². The summed E-state index contributed by atoms with van der Waals surface area (Å²) in [6, 6.07) is 11.0. The fourth-order valence-corrected chi connectivity index (χ4v) is 3.94. The van der Waals surface area contributed by atoms with Crippen molar-refractivity contribution < 1.29 is 50.1 Å². The molecule has 0 heterocycles. The molecule has 1 aliphatic carbocycles. The van der Waals surface area contributed by atoms with Gasteiger partial charge >= 0.3 is 5.97 Å². The molecule has 1 saturated carbocycles. The minimum atomic E-state index is -3.03. The first-order valence-corrected chi connectivity index (χ1v) is 10.4. The number of hydrogen-bond donors (Lipinski definition) is 7. The lowest BCUT2D eigenvalue weighted by Gasteiger charge is -2.49. The van der Waals surface area contributed by atoms with E-state index in [4.69, 9.17) is 0 Å². The molecular formula is C25H24O10. The number of benzene rings is 2. The number of rotatable bonds is 7. The first kappa shape index (κ1) is 25.8. The van der Waals surface area contributed by atoms with E-state index >= 15 is 0 Å². The van der Waals surface area contributed by atoms with Gasteiger partial charge in [-0.3, -0.25) is 9.59 Å². The third-order valence-corrected chi connectivity index (χ3v) is 5.92. The van der Waals surface area contributed by atoms with Gasteiger partial charge in [0.05, 0.1) is 0 Å². The Labute approximate surface area is 199 Å². The van der Waals surface area contributed by atoms with Gasteiger partial charge in [0.1, 0.15) is 17.6 Å². The van der Waals surface area contributed by atoms with Crippen LogP contribution in [0.2, 0.25) is 0 Å². The lowest BCUT2D eigenvalue weighted by Crippen LogP contribution is -2.72. The Morgan fingerprint density at radius 3 is 1.37 bits per heavy atom. The van der Waals surface area contributed by atoms with Gasteiger partial charge in [-0.05, 0) is 47.5 Å². The summed E-state index contributed by atoms with van der Waals surface area (Å²) in [7, 11) is 0. The van der Waals surface area contributed by atoms with Gasteiger partial charge in [0.15, 0.2) is 28.4 Å². The average Bonchev–Trinajstić information content (AvgIpc) is 2.81. The number of aromatic hydroxyl groups is 2. The Hall–Kier alpha value is -3.83. The number of hydrogen-bond acceptors (Lipinski definition) is 9. The number of aliphatic hydroxyl groups excluding tert-OH is 1. The zero-order chi connectivity index (χ0) is 26.0. The topological polar surface area (TPSA) is 193 Å². The molecule has 0 bridgehead atoms. The summed E-state index contributed by atoms with van der Waals surface area (Å²) in [6.07, 6.45) is -0.845. The highest BCUT2D eigenvalue weighted by Crippen LogP contribution is 2.43. The maximum Gasteiger partial charge on any atom is 0.335 e. The zero-order valence-corrected chi connectivity index (χ0v) is 18.3. The van der Waals surface area contributed by atoms with Crippen LogP contribution in [0.4, 0.5) is 0 Å². The van der Waals surface area contributed by atoms with Gasteiger partial charge in [-0.1, -0.05) is 36.4 Å². The lowest BCUT2D eigenvalue weighted by atomic mass is 9.62. The molecule has 0 aliphatic heterocycles. The number of aliphatic carboxylic acids is 1. The number of ketones is 2. The number of carboxylic acids is 1. The number of carbonyl (C=O) groups is 3. The van der Waals surface area contributed by atoms with E-state index in [1.165, 1.54) is 60.7 Å². The molecule has 2 atom stereocenters. The van der Waals surface area contributed by atoms with Crippen LogP contribution in [0.1, 0.15) is 24.0 Å². The maximum absolute atomic E-state index is 12.9. The van der Waals surface area contributed by atoms with E-state index in [1.54, 1.807) is 0 Å². The fraction of sp³-hybridized carbons (Fsp3) is 0.240. The predicted molar refractivity (Wildman–Crippen MR) is 122 cm³/mol. The summed E-state index contributed by atoms with van der Waals surface area (Å²) in [6.45, 7) is 0. The van der Waals surface area contributed by atoms with Crippen LogP contribution in [0.25, 0.3) is 12.2 Å². The van der Waals surface area contributed by atoms with Gasteiger partial charge in [-0.2, -0.15) is 0 Å². The third-order valence-electron chi connectivity index (χ3n) is 5.92. The normalized spacial score (nSPS) is 28.9. The minimum Gasteiger partial charge on any atom is -0.508 e. The number of phenols is 2. The van der Waals surface area contributed by atoms with Crippen LogP contribution >= 0.6 is 0 Å². The summed E-state index contributed by atoms with van der Waals surface area (Å²) in [4.78, 5) is 37.5. The number of carbonyl (C=O) groups excluding carboxylic acids is 2. The standard InChI is InChI=1S/C25H24O10/c26-17-7-1-15(2-8-17)5-11-19(28)24(34)13-23(33,22(31)32)14-25(35,21(24)30)20(29)12-6-16-3-9-18(27)10-4-16/h1-12,21,26-27,30,33-35H,13-14H2,(H,31,32)/b11-5+,12-6+/t21?,23?,24-,25-/m0/s1. The first-order valence-electron chi connectivity index (χ1n) is 10.4. The Kier molecular flexibility index (Phi) is 6.95. The second-order valence-electron chi connectivity index (χ2n) is 8.52. The van der Waals surface area contributed by atoms with Crippen LogP contribution in [0.15, 0.2) is 60.7 Å². The van der Waals surface area contributed by atoms with Gasteiger partial charge < -0.3 is 35.7 Å². The molecule has 1 fully saturated rings. The second-order valence-corrected chi connectivity index (χ2v) is 8.52. The Morgan fingerprint density at radius 2 is 1.06 bits per heavy atom. The molecule has 0 saturated heterocycles. The molecule has 0 spiro atoms. The largest absolute Gasteiger partial charge is 0.508 e. The molecule has 2 aromatic rings. The molecule has 1 aliphatic rings. The highest BCUT2D eigenvalue weighted by atomic mass is 16.4. The number of aliphatic hydroxyl groups is 4. The molecule has 2 aromatic carbocycles. The van der Waals surface area contributed by atoms with E-state index < -0.39 is 53.3 Å². The second kappa shape index (κ2) is 9.43. The Bertz CT molecular complexity index is 1100. The van der Waals surface area contributed by atoms with Crippen LogP contribution in [0, 0.1) is 0 Å². The van der Waals surface area contributed by atoms with Gasteiger partial charge in [0.25, 0.3) is 0 Å². The van der Waals surface area contributed by atoms with E-state index in [1.807, 2.05) is 0 Å². The SMILES string of the molecule is O=C(O)C1(O)C[C@](O)(C(=O)/C=C/c2ccc(O)cc2)C(O)[C@@](O)(C(=O)/C=C/c2ccc(O)cc2)C1.